The van der Waals surface area contributed by atoms with Crippen molar-refractivity contribution in [1.82, 2.24) is 9.97 Å². The number of fused-ring (bicyclic) bond motifs is 3. The molecule has 4 rings (SSSR count). The topological polar surface area (TPSA) is 52.1 Å². The van der Waals surface area contributed by atoms with Crippen LogP contribution in [-0.2, 0) is 22.4 Å². The fourth-order valence-corrected chi connectivity index (χ4v) is 6.41. The number of thiophene rings is 1. The maximum Gasteiger partial charge on any atom is 0.316 e. The normalized spacial score (nSPS) is 25.8. The van der Waals surface area contributed by atoms with Gasteiger partial charge in [0, 0.05) is 10.3 Å². The predicted octanol–water partition coefficient (Wildman–Crippen LogP) is 5.03. The molecule has 1 fully saturated rings. The molecule has 0 unspecified atom stereocenters. The van der Waals surface area contributed by atoms with Crippen LogP contribution in [-0.4, -0.2) is 27.8 Å². The molecule has 0 N–H and O–H groups in total. The monoisotopic (exact) mass is 390 g/mol. The van der Waals surface area contributed by atoms with Gasteiger partial charge in [0.05, 0.1) is 5.75 Å². The molecule has 0 amide bonds. The number of thioether (sulfide) groups is 1. The average molecular weight is 391 g/mol. The number of hydrogen-bond donors (Lipinski definition) is 0. The van der Waals surface area contributed by atoms with E-state index in [0.717, 1.165) is 47.9 Å². The molecule has 1 saturated carbocycles. The smallest absolute Gasteiger partial charge is 0.316 e. The van der Waals surface area contributed by atoms with Crippen LogP contribution in [0.4, 0.5) is 0 Å². The average Bonchev–Trinajstić information content (AvgIpc) is 2.98. The van der Waals surface area contributed by atoms with Gasteiger partial charge in [-0.05, 0) is 55.9 Å². The first-order valence-corrected chi connectivity index (χ1v) is 11.5. The summed E-state index contributed by atoms with van der Waals surface area (Å²) < 4.78 is 5.70. The standard InChI is InChI=1S/C20H26N2O2S2/c1-12-4-3-5-14(8-12)24-17(23)10-25-19-18-15-7-6-13(2)9-16(15)26-20(18)22-11-21-19/h11-14H,3-10H2,1-2H3/t12-,13-,14-/m0/s1. The van der Waals surface area contributed by atoms with Gasteiger partial charge in [-0.25, -0.2) is 9.97 Å². The highest BCUT2D eigenvalue weighted by Crippen LogP contribution is 2.40. The van der Waals surface area contributed by atoms with Gasteiger partial charge in [0.1, 0.15) is 22.3 Å². The van der Waals surface area contributed by atoms with Gasteiger partial charge in [0.15, 0.2) is 0 Å². The first-order chi connectivity index (χ1) is 12.6. The van der Waals surface area contributed by atoms with E-state index in [1.54, 1.807) is 17.7 Å². The number of ether oxygens (including phenoxy) is 1. The van der Waals surface area contributed by atoms with Crippen molar-refractivity contribution in [3.8, 4) is 0 Å². The first kappa shape index (κ1) is 18.2. The molecule has 2 heterocycles. The molecule has 3 atom stereocenters. The summed E-state index contributed by atoms with van der Waals surface area (Å²) in [5, 5.41) is 2.12. The summed E-state index contributed by atoms with van der Waals surface area (Å²) in [5.41, 5.74) is 1.42. The van der Waals surface area contributed by atoms with E-state index in [-0.39, 0.29) is 12.1 Å². The molecule has 26 heavy (non-hydrogen) atoms. The Morgan fingerprint density at radius 2 is 2.15 bits per heavy atom. The summed E-state index contributed by atoms with van der Waals surface area (Å²) in [6.45, 7) is 4.56. The fraction of sp³-hybridized carbons (Fsp3) is 0.650. The molecule has 2 aliphatic rings. The summed E-state index contributed by atoms with van der Waals surface area (Å²) in [4.78, 5) is 23.8. The van der Waals surface area contributed by atoms with E-state index in [1.807, 2.05) is 0 Å². The molecular weight excluding hydrogens is 364 g/mol. The molecule has 140 valence electrons. The zero-order chi connectivity index (χ0) is 18.1. The number of aromatic nitrogens is 2. The number of nitrogens with zero attached hydrogens (tertiary/aromatic N) is 2. The molecule has 0 radical (unpaired) electrons. The van der Waals surface area contributed by atoms with Crippen molar-refractivity contribution in [2.75, 3.05) is 5.75 Å². The lowest BCUT2D eigenvalue weighted by Gasteiger charge is -2.26. The van der Waals surface area contributed by atoms with Gasteiger partial charge in [0.2, 0.25) is 0 Å². The summed E-state index contributed by atoms with van der Waals surface area (Å²) in [5.74, 6) is 1.62. The van der Waals surface area contributed by atoms with Crippen LogP contribution in [0, 0.1) is 11.8 Å². The Morgan fingerprint density at radius 3 is 3.00 bits per heavy atom. The highest BCUT2D eigenvalue weighted by Gasteiger charge is 2.25. The Bertz CT molecular complexity index is 804. The van der Waals surface area contributed by atoms with Crippen LogP contribution in [0.3, 0.4) is 0 Å². The van der Waals surface area contributed by atoms with Gasteiger partial charge in [-0.3, -0.25) is 4.79 Å². The van der Waals surface area contributed by atoms with E-state index in [0.29, 0.717) is 11.7 Å². The van der Waals surface area contributed by atoms with Gasteiger partial charge < -0.3 is 4.74 Å². The lowest BCUT2D eigenvalue weighted by atomic mass is 9.89. The van der Waals surface area contributed by atoms with Crippen molar-refractivity contribution in [2.24, 2.45) is 11.8 Å². The lowest BCUT2D eigenvalue weighted by molar-refractivity contribution is -0.147. The van der Waals surface area contributed by atoms with Crippen LogP contribution in [0.1, 0.15) is 56.4 Å². The largest absolute Gasteiger partial charge is 0.462 e. The summed E-state index contributed by atoms with van der Waals surface area (Å²) in [6, 6.07) is 0. The van der Waals surface area contributed by atoms with Crippen molar-refractivity contribution in [2.45, 2.75) is 69.9 Å². The van der Waals surface area contributed by atoms with Crippen LogP contribution in [0.5, 0.6) is 0 Å². The Labute approximate surface area is 163 Å². The van der Waals surface area contributed by atoms with E-state index in [1.165, 1.54) is 40.4 Å². The van der Waals surface area contributed by atoms with E-state index in [2.05, 4.69) is 23.8 Å². The maximum atomic E-state index is 12.3. The second kappa shape index (κ2) is 7.85. The van der Waals surface area contributed by atoms with Gasteiger partial charge in [-0.1, -0.05) is 32.0 Å². The summed E-state index contributed by atoms with van der Waals surface area (Å²) in [7, 11) is 0. The maximum absolute atomic E-state index is 12.3. The molecule has 0 bridgehead atoms. The van der Waals surface area contributed by atoms with Gasteiger partial charge in [-0.2, -0.15) is 0 Å². The molecule has 0 saturated heterocycles. The minimum atomic E-state index is -0.112. The predicted molar refractivity (Wildman–Crippen MR) is 107 cm³/mol. The third kappa shape index (κ3) is 3.91. The van der Waals surface area contributed by atoms with E-state index in [9.17, 15) is 4.79 Å². The zero-order valence-corrected chi connectivity index (χ0v) is 17.1. The van der Waals surface area contributed by atoms with Crippen molar-refractivity contribution in [3.05, 3.63) is 16.8 Å². The minimum absolute atomic E-state index is 0.104. The number of carbonyl (C=O) groups is 1. The SMILES string of the molecule is C[C@H]1CCc2c(sc3ncnc(SCC(=O)O[C@H]4CCC[C@H](C)C4)c23)C1. The third-order valence-electron chi connectivity index (χ3n) is 5.57. The number of carbonyl (C=O) groups excluding carboxylic acids is 1. The highest BCUT2D eigenvalue weighted by atomic mass is 32.2. The van der Waals surface area contributed by atoms with E-state index < -0.39 is 0 Å². The Morgan fingerprint density at radius 1 is 1.27 bits per heavy atom. The fourth-order valence-electron chi connectivity index (χ4n) is 4.19. The van der Waals surface area contributed by atoms with Crippen molar-refractivity contribution < 1.29 is 9.53 Å². The molecule has 0 aliphatic heterocycles. The second-order valence-electron chi connectivity index (χ2n) is 7.88. The summed E-state index contributed by atoms with van der Waals surface area (Å²) in [6.07, 6.45) is 9.63. The Hall–Kier alpha value is -1.14. The molecule has 6 heteroatoms. The quantitative estimate of drug-likeness (QED) is 0.416. The number of rotatable bonds is 4. The van der Waals surface area contributed by atoms with Crippen LogP contribution in [0.15, 0.2) is 11.4 Å². The molecule has 0 aromatic carbocycles. The molecule has 2 aliphatic carbocycles. The minimum Gasteiger partial charge on any atom is -0.462 e. The van der Waals surface area contributed by atoms with Crippen LogP contribution < -0.4 is 0 Å². The van der Waals surface area contributed by atoms with Crippen LogP contribution in [0.25, 0.3) is 10.2 Å². The Kier molecular flexibility index (Phi) is 5.50. The van der Waals surface area contributed by atoms with Gasteiger partial charge in [0.25, 0.3) is 0 Å². The number of aryl methyl sites for hydroxylation is 1. The molecule has 4 nitrogen and oxygen atoms in total. The first-order valence-electron chi connectivity index (χ1n) is 9.67. The van der Waals surface area contributed by atoms with Crippen LogP contribution >= 0.6 is 23.1 Å². The zero-order valence-electron chi connectivity index (χ0n) is 15.5. The van der Waals surface area contributed by atoms with Crippen molar-refractivity contribution in [3.63, 3.8) is 0 Å². The van der Waals surface area contributed by atoms with Crippen molar-refractivity contribution in [1.29, 1.82) is 0 Å². The number of esters is 1. The van der Waals surface area contributed by atoms with Crippen molar-refractivity contribution >= 4 is 39.3 Å². The van der Waals surface area contributed by atoms with Gasteiger partial charge >= 0.3 is 5.97 Å². The highest BCUT2D eigenvalue weighted by molar-refractivity contribution is 8.00. The number of hydrogen-bond acceptors (Lipinski definition) is 6. The second-order valence-corrected chi connectivity index (χ2v) is 9.93. The van der Waals surface area contributed by atoms with Gasteiger partial charge in [-0.15, -0.1) is 11.3 Å². The molecule has 2 aromatic rings. The molecule has 2 aromatic heterocycles. The van der Waals surface area contributed by atoms with E-state index in [4.69, 9.17) is 4.74 Å². The summed E-state index contributed by atoms with van der Waals surface area (Å²) >= 11 is 3.31. The third-order valence-corrected chi connectivity index (χ3v) is 7.70. The van der Waals surface area contributed by atoms with Crippen LogP contribution in [0.2, 0.25) is 0 Å². The van der Waals surface area contributed by atoms with E-state index >= 15 is 0 Å². The molecule has 0 spiro atoms. The Balaban J connectivity index is 1.45. The molecular formula is C20H26N2O2S2. The lowest BCUT2D eigenvalue weighted by Crippen LogP contribution is -2.25.